The van der Waals surface area contributed by atoms with Gasteiger partial charge in [-0.25, -0.2) is 4.79 Å². The van der Waals surface area contributed by atoms with Gasteiger partial charge in [-0.1, -0.05) is 89.5 Å². The topological polar surface area (TPSA) is 345 Å². The molecule has 0 bridgehead atoms. The van der Waals surface area contributed by atoms with E-state index < -0.39 is 127 Å². The zero-order valence-electron chi connectivity index (χ0n) is 45.2. The summed E-state index contributed by atoms with van der Waals surface area (Å²) in [5, 5.41) is 43.2. The van der Waals surface area contributed by atoms with Gasteiger partial charge in [-0.2, -0.15) is 11.8 Å². The molecule has 13 N–H and O–H groups in total. The third kappa shape index (κ3) is 26.6. The average Bonchev–Trinajstić information content (AvgIpc) is 3.28. The van der Waals surface area contributed by atoms with Crippen LogP contribution >= 0.6 is 11.8 Å². The third-order valence-corrected chi connectivity index (χ3v) is 12.1. The molecule has 72 heavy (non-hydrogen) atoms. The Bertz CT molecular complexity index is 1780. The number of hydrogen-bond donors (Lipinski definition) is 12. The number of nitrogens with one attached hydrogen (secondary N) is 9. The maximum Gasteiger partial charge on any atom is 0.326 e. The number of carbonyl (C=O) groups excluding carboxylic acids is 9. The van der Waals surface area contributed by atoms with Crippen molar-refractivity contribution in [1.29, 1.82) is 0 Å². The molecule has 0 rings (SSSR count). The first-order chi connectivity index (χ1) is 33.5. The highest BCUT2D eigenvalue weighted by Gasteiger charge is 2.35. The van der Waals surface area contributed by atoms with Gasteiger partial charge in [0, 0.05) is 0 Å². The second-order valence-electron chi connectivity index (χ2n) is 20.8. The second kappa shape index (κ2) is 34.4. The van der Waals surface area contributed by atoms with Gasteiger partial charge in [-0.15, -0.1) is 0 Å². The molecule has 0 fully saturated rings. The molecule has 0 aliphatic rings. The molecule has 9 amide bonds. The van der Waals surface area contributed by atoms with E-state index in [9.17, 15) is 58.2 Å². The Kier molecular flexibility index (Phi) is 32.0. The zero-order chi connectivity index (χ0) is 55.6. The lowest BCUT2D eigenvalue weighted by Gasteiger charge is -2.29. The lowest BCUT2D eigenvalue weighted by Crippen LogP contribution is -2.61. The standard InChI is InChI=1S/C49H90N10O12S/c1-15-30(12)40(50)48(69)52-31(13)41(62)51-23-39(61)53-32(16-17-72-14)42(63)54-33(18-25(2)3)43(64)55-34(19-26(4)5)44(65)56-36(21-28(8)9)46(67)59-38(24-60)47(68)57-35(20-27(6)7)45(66)58-37(49(70)71)22-29(10)11/h25-38,40,60H,15-24,50H2,1-14H3,(H,51,62)(H,52,69)(H,53,61)(H,54,63)(H,55,64)(H,56,65)(H,57,68)(H,58,66)(H,59,67)(H,70,71)/t30-,31-,32-,33-,34-,35-,36-,37-,38-,40-/m0/s1. The summed E-state index contributed by atoms with van der Waals surface area (Å²) in [6.07, 6.45) is 3.22. The van der Waals surface area contributed by atoms with E-state index >= 15 is 0 Å². The molecule has 0 heterocycles. The van der Waals surface area contributed by atoms with Gasteiger partial charge < -0.3 is 63.8 Å². The predicted molar refractivity (Wildman–Crippen MR) is 277 cm³/mol. The van der Waals surface area contributed by atoms with Gasteiger partial charge in [0.15, 0.2) is 0 Å². The second-order valence-corrected chi connectivity index (χ2v) is 21.8. The summed E-state index contributed by atoms with van der Waals surface area (Å²) in [4.78, 5) is 133. The summed E-state index contributed by atoms with van der Waals surface area (Å²) in [5.41, 5.74) is 5.97. The quantitative estimate of drug-likeness (QED) is 0.0410. The van der Waals surface area contributed by atoms with E-state index in [-0.39, 0.29) is 74.0 Å². The number of aliphatic hydroxyl groups is 1. The van der Waals surface area contributed by atoms with Gasteiger partial charge in [0.05, 0.1) is 19.2 Å². The number of aliphatic hydroxyl groups excluding tert-OH is 1. The van der Waals surface area contributed by atoms with E-state index in [0.717, 1.165) is 0 Å². The minimum Gasteiger partial charge on any atom is -0.480 e. The number of carboxylic acid groups (broad SMARTS) is 1. The smallest absolute Gasteiger partial charge is 0.326 e. The molecule has 0 saturated heterocycles. The zero-order valence-corrected chi connectivity index (χ0v) is 46.0. The number of rotatable bonds is 35. The molecule has 10 atom stereocenters. The molecule has 0 aliphatic carbocycles. The minimum atomic E-state index is -1.57. The van der Waals surface area contributed by atoms with Crippen molar-refractivity contribution in [3.63, 3.8) is 0 Å². The van der Waals surface area contributed by atoms with Gasteiger partial charge in [-0.05, 0) is 93.0 Å². The fourth-order valence-corrected chi connectivity index (χ4v) is 7.76. The number of hydrogen-bond acceptors (Lipinski definition) is 13. The first-order valence-electron chi connectivity index (χ1n) is 25.3. The summed E-state index contributed by atoms with van der Waals surface area (Å²) in [6, 6.07) is -10.6. The summed E-state index contributed by atoms with van der Waals surface area (Å²) in [6.45, 7) is 21.9. The van der Waals surface area contributed by atoms with Crippen molar-refractivity contribution in [3.8, 4) is 0 Å². The summed E-state index contributed by atoms with van der Waals surface area (Å²) < 4.78 is 0. The van der Waals surface area contributed by atoms with Crippen LogP contribution in [0, 0.1) is 35.5 Å². The van der Waals surface area contributed by atoms with Gasteiger partial charge >= 0.3 is 5.97 Å². The Labute approximate surface area is 431 Å². The number of aliphatic carboxylic acids is 1. The van der Waals surface area contributed by atoms with Crippen molar-refractivity contribution in [2.24, 2.45) is 41.2 Å². The normalized spacial score (nSPS) is 15.7. The molecule has 0 aliphatic heterocycles. The summed E-state index contributed by atoms with van der Waals surface area (Å²) >= 11 is 1.42. The molecule has 0 aromatic carbocycles. The number of carbonyl (C=O) groups is 10. The van der Waals surface area contributed by atoms with Crippen molar-refractivity contribution in [2.75, 3.05) is 25.2 Å². The maximum atomic E-state index is 14.1. The minimum absolute atomic E-state index is 0.0605. The van der Waals surface area contributed by atoms with Crippen LogP contribution in [0.5, 0.6) is 0 Å². The van der Waals surface area contributed by atoms with Crippen molar-refractivity contribution in [1.82, 2.24) is 47.9 Å². The molecule has 0 saturated carbocycles. The molecule has 23 heteroatoms. The summed E-state index contributed by atoms with van der Waals surface area (Å²) in [5.74, 6) is -8.04. The Hall–Kier alpha value is -5.03. The lowest BCUT2D eigenvalue weighted by atomic mass is 9.98. The highest BCUT2D eigenvalue weighted by molar-refractivity contribution is 7.98. The molecule has 22 nitrogen and oxygen atoms in total. The largest absolute Gasteiger partial charge is 0.480 e. The monoisotopic (exact) mass is 1040 g/mol. The van der Waals surface area contributed by atoms with E-state index in [1.807, 2.05) is 47.8 Å². The van der Waals surface area contributed by atoms with Crippen molar-refractivity contribution in [3.05, 3.63) is 0 Å². The van der Waals surface area contributed by atoms with Gasteiger partial charge in [-0.3, -0.25) is 43.2 Å². The van der Waals surface area contributed by atoms with Crippen LogP contribution in [0.2, 0.25) is 0 Å². The first kappa shape index (κ1) is 67.0. The van der Waals surface area contributed by atoms with Gasteiger partial charge in [0.1, 0.15) is 48.3 Å². The van der Waals surface area contributed by atoms with E-state index in [4.69, 9.17) is 5.73 Å². The Morgan fingerprint density at radius 1 is 0.458 bits per heavy atom. The molecule has 0 unspecified atom stereocenters. The maximum absolute atomic E-state index is 14.1. The molecule has 0 radical (unpaired) electrons. The molecule has 0 aromatic rings. The van der Waals surface area contributed by atoms with Crippen LogP contribution < -0.4 is 53.6 Å². The highest BCUT2D eigenvalue weighted by atomic mass is 32.2. The Morgan fingerprint density at radius 2 is 0.792 bits per heavy atom. The van der Waals surface area contributed by atoms with Crippen LogP contribution in [0.15, 0.2) is 0 Å². The fraction of sp³-hybridized carbons (Fsp3) is 0.796. The van der Waals surface area contributed by atoms with Crippen LogP contribution in [0.25, 0.3) is 0 Å². The molecular formula is C49H90N10O12S. The number of nitrogens with two attached hydrogens (primary N) is 1. The van der Waals surface area contributed by atoms with E-state index in [1.54, 1.807) is 41.5 Å². The average molecular weight is 1040 g/mol. The highest BCUT2D eigenvalue weighted by Crippen LogP contribution is 2.14. The van der Waals surface area contributed by atoms with Crippen molar-refractivity contribution < 1.29 is 58.2 Å². The fourth-order valence-electron chi connectivity index (χ4n) is 7.29. The number of thioether (sulfide) groups is 1. The van der Waals surface area contributed by atoms with Crippen LogP contribution in [-0.4, -0.2) is 149 Å². The number of carboxylic acids is 1. The Morgan fingerprint density at radius 3 is 1.12 bits per heavy atom. The lowest BCUT2D eigenvalue weighted by molar-refractivity contribution is -0.143. The van der Waals surface area contributed by atoms with E-state index in [2.05, 4.69) is 47.9 Å². The van der Waals surface area contributed by atoms with Crippen LogP contribution in [0.3, 0.4) is 0 Å². The molecular weight excluding hydrogens is 953 g/mol. The van der Waals surface area contributed by atoms with Gasteiger partial charge in [0.2, 0.25) is 53.2 Å². The van der Waals surface area contributed by atoms with Crippen molar-refractivity contribution >= 4 is 70.9 Å². The van der Waals surface area contributed by atoms with E-state index in [0.29, 0.717) is 12.2 Å². The predicted octanol–water partition coefficient (Wildman–Crippen LogP) is 0.435. The molecule has 0 aromatic heterocycles. The molecule has 414 valence electrons. The van der Waals surface area contributed by atoms with Gasteiger partial charge in [0.25, 0.3) is 0 Å². The third-order valence-electron chi connectivity index (χ3n) is 11.5. The first-order valence-corrected chi connectivity index (χ1v) is 26.6. The van der Waals surface area contributed by atoms with Crippen LogP contribution in [0.1, 0.15) is 135 Å². The van der Waals surface area contributed by atoms with Crippen LogP contribution in [-0.2, 0) is 47.9 Å². The SMILES string of the molecule is CC[C@H](C)[C@H](N)C(=O)N[C@@H](C)C(=O)NCC(=O)N[C@@H](CCSC)C(=O)N[C@@H](CC(C)C)C(=O)N[C@@H](CC(C)C)C(=O)N[C@@H](CC(C)C)C(=O)N[C@@H](CO)C(=O)N[C@@H](CC(C)C)C(=O)N[C@@H](CC(C)C)C(=O)O. The van der Waals surface area contributed by atoms with E-state index in [1.165, 1.54) is 18.7 Å². The summed E-state index contributed by atoms with van der Waals surface area (Å²) in [7, 11) is 0. The Balaban J connectivity index is 6.27. The molecule has 0 spiro atoms. The van der Waals surface area contributed by atoms with Crippen molar-refractivity contribution in [2.45, 2.75) is 189 Å². The van der Waals surface area contributed by atoms with Crippen LogP contribution in [0.4, 0.5) is 0 Å². The number of amides is 9.